The molecule has 2 aromatic rings. The third-order valence-electron chi connectivity index (χ3n) is 2.92. The first kappa shape index (κ1) is 15.2. The standard InChI is InChI=1S/C13H20N6O2/c1-9(2)19-8-14-16-12(19)6-18(4)7-13(20)15-11-5-10(3)21-17-11/h5,8-9H,6-7H2,1-4H3,(H,15,17,20). The summed E-state index contributed by atoms with van der Waals surface area (Å²) >= 11 is 0. The first-order valence-corrected chi connectivity index (χ1v) is 6.76. The SMILES string of the molecule is Cc1cc(NC(=O)CN(C)Cc2nncn2C(C)C)no1. The second kappa shape index (κ2) is 6.49. The molecule has 0 fully saturated rings. The molecule has 8 nitrogen and oxygen atoms in total. The summed E-state index contributed by atoms with van der Waals surface area (Å²) in [6, 6.07) is 1.96. The number of carbonyl (C=O) groups excluding carboxylic acids is 1. The van der Waals surface area contributed by atoms with Gasteiger partial charge in [0.1, 0.15) is 17.9 Å². The number of hydrogen-bond donors (Lipinski definition) is 1. The lowest BCUT2D eigenvalue weighted by molar-refractivity contribution is -0.117. The van der Waals surface area contributed by atoms with Gasteiger partial charge >= 0.3 is 0 Å². The number of rotatable bonds is 6. The van der Waals surface area contributed by atoms with E-state index in [1.54, 1.807) is 19.3 Å². The number of amides is 1. The minimum absolute atomic E-state index is 0.151. The minimum Gasteiger partial charge on any atom is -0.360 e. The van der Waals surface area contributed by atoms with Crippen LogP contribution in [0.4, 0.5) is 5.82 Å². The molecule has 0 aliphatic heterocycles. The van der Waals surface area contributed by atoms with Crippen LogP contribution in [0.3, 0.4) is 0 Å². The molecule has 21 heavy (non-hydrogen) atoms. The summed E-state index contributed by atoms with van der Waals surface area (Å²) in [5.74, 6) is 1.76. The Bertz CT molecular complexity index is 603. The van der Waals surface area contributed by atoms with E-state index in [0.29, 0.717) is 18.1 Å². The smallest absolute Gasteiger partial charge is 0.239 e. The van der Waals surface area contributed by atoms with Gasteiger partial charge in [0.2, 0.25) is 5.91 Å². The van der Waals surface area contributed by atoms with Gasteiger partial charge in [-0.15, -0.1) is 10.2 Å². The van der Waals surface area contributed by atoms with Gasteiger partial charge < -0.3 is 14.4 Å². The molecule has 0 bridgehead atoms. The van der Waals surface area contributed by atoms with Gasteiger partial charge in [0, 0.05) is 12.1 Å². The van der Waals surface area contributed by atoms with Crippen LogP contribution in [-0.4, -0.2) is 44.3 Å². The quantitative estimate of drug-likeness (QED) is 0.861. The molecule has 0 aromatic carbocycles. The lowest BCUT2D eigenvalue weighted by Gasteiger charge is -2.17. The largest absolute Gasteiger partial charge is 0.360 e. The maximum atomic E-state index is 11.9. The molecule has 2 rings (SSSR count). The summed E-state index contributed by atoms with van der Waals surface area (Å²) in [5.41, 5.74) is 0. The Labute approximate surface area is 123 Å². The Morgan fingerprint density at radius 3 is 2.90 bits per heavy atom. The molecule has 114 valence electrons. The lowest BCUT2D eigenvalue weighted by Crippen LogP contribution is -2.31. The van der Waals surface area contributed by atoms with Gasteiger partial charge in [0.25, 0.3) is 0 Å². The molecular formula is C13H20N6O2. The average Bonchev–Trinajstić information content (AvgIpc) is 2.98. The van der Waals surface area contributed by atoms with Crippen molar-refractivity contribution in [2.24, 2.45) is 0 Å². The van der Waals surface area contributed by atoms with Crippen molar-refractivity contribution in [3.63, 3.8) is 0 Å². The number of aromatic nitrogens is 4. The van der Waals surface area contributed by atoms with E-state index in [2.05, 4.69) is 34.5 Å². The van der Waals surface area contributed by atoms with Gasteiger partial charge in [-0.1, -0.05) is 5.16 Å². The molecule has 1 amide bonds. The fourth-order valence-electron chi connectivity index (χ4n) is 1.96. The van der Waals surface area contributed by atoms with Crippen LogP contribution in [0.1, 0.15) is 31.5 Å². The van der Waals surface area contributed by atoms with Crippen LogP contribution in [0.5, 0.6) is 0 Å². The van der Waals surface area contributed by atoms with Crippen molar-refractivity contribution < 1.29 is 9.32 Å². The van der Waals surface area contributed by atoms with Crippen molar-refractivity contribution in [1.82, 2.24) is 24.8 Å². The highest BCUT2D eigenvalue weighted by atomic mass is 16.5. The highest BCUT2D eigenvalue weighted by Gasteiger charge is 2.13. The summed E-state index contributed by atoms with van der Waals surface area (Å²) in [5, 5.41) is 14.4. The van der Waals surface area contributed by atoms with Crippen LogP contribution in [0.25, 0.3) is 0 Å². The molecular weight excluding hydrogens is 272 g/mol. The first-order valence-electron chi connectivity index (χ1n) is 6.76. The number of carbonyl (C=O) groups is 1. The zero-order valence-electron chi connectivity index (χ0n) is 12.7. The number of likely N-dealkylation sites (N-methyl/N-ethyl adjacent to an activating group) is 1. The molecule has 0 unspecified atom stereocenters. The average molecular weight is 292 g/mol. The third kappa shape index (κ3) is 4.12. The molecule has 2 heterocycles. The van der Waals surface area contributed by atoms with E-state index >= 15 is 0 Å². The molecule has 8 heteroatoms. The summed E-state index contributed by atoms with van der Waals surface area (Å²) in [6.07, 6.45) is 1.70. The Morgan fingerprint density at radius 2 is 2.29 bits per heavy atom. The van der Waals surface area contributed by atoms with Crippen molar-refractivity contribution in [2.45, 2.75) is 33.4 Å². The summed E-state index contributed by atoms with van der Waals surface area (Å²) in [4.78, 5) is 13.8. The Balaban J connectivity index is 1.87. The van der Waals surface area contributed by atoms with Crippen LogP contribution >= 0.6 is 0 Å². The lowest BCUT2D eigenvalue weighted by atomic mass is 10.3. The second-order valence-electron chi connectivity index (χ2n) is 5.29. The van der Waals surface area contributed by atoms with Crippen LogP contribution in [0.15, 0.2) is 16.9 Å². The monoisotopic (exact) mass is 292 g/mol. The van der Waals surface area contributed by atoms with E-state index in [4.69, 9.17) is 4.52 Å². The fourth-order valence-corrected chi connectivity index (χ4v) is 1.96. The van der Waals surface area contributed by atoms with Gasteiger partial charge in [-0.25, -0.2) is 0 Å². The van der Waals surface area contributed by atoms with Crippen LogP contribution in [-0.2, 0) is 11.3 Å². The Morgan fingerprint density at radius 1 is 1.52 bits per heavy atom. The van der Waals surface area contributed by atoms with Gasteiger partial charge in [-0.3, -0.25) is 9.69 Å². The molecule has 0 saturated heterocycles. The number of anilines is 1. The summed E-state index contributed by atoms with van der Waals surface area (Å²) in [6.45, 7) is 6.67. The van der Waals surface area contributed by atoms with Crippen molar-refractivity contribution >= 4 is 11.7 Å². The Kier molecular flexibility index (Phi) is 4.69. The van der Waals surface area contributed by atoms with Crippen molar-refractivity contribution in [3.05, 3.63) is 24.0 Å². The Hall–Kier alpha value is -2.22. The molecule has 0 atom stereocenters. The predicted molar refractivity (Wildman–Crippen MR) is 76.6 cm³/mol. The van der Waals surface area contributed by atoms with E-state index in [1.807, 2.05) is 16.5 Å². The maximum Gasteiger partial charge on any atom is 0.239 e. The topological polar surface area (TPSA) is 89.1 Å². The molecule has 0 radical (unpaired) electrons. The van der Waals surface area contributed by atoms with Gasteiger partial charge in [-0.05, 0) is 27.8 Å². The van der Waals surface area contributed by atoms with Crippen LogP contribution < -0.4 is 5.32 Å². The number of hydrogen-bond acceptors (Lipinski definition) is 6. The molecule has 0 saturated carbocycles. The van der Waals surface area contributed by atoms with Crippen LogP contribution in [0.2, 0.25) is 0 Å². The van der Waals surface area contributed by atoms with E-state index in [1.165, 1.54) is 0 Å². The zero-order chi connectivity index (χ0) is 15.4. The first-order chi connectivity index (χ1) is 9.95. The fraction of sp³-hybridized carbons (Fsp3) is 0.538. The molecule has 0 aliphatic rings. The number of aryl methyl sites for hydroxylation is 1. The number of nitrogens with one attached hydrogen (secondary N) is 1. The summed E-state index contributed by atoms with van der Waals surface area (Å²) < 4.78 is 6.88. The van der Waals surface area contributed by atoms with E-state index < -0.39 is 0 Å². The number of nitrogens with zero attached hydrogens (tertiary/aromatic N) is 5. The molecule has 1 N–H and O–H groups in total. The molecule has 0 aliphatic carbocycles. The molecule has 0 spiro atoms. The zero-order valence-corrected chi connectivity index (χ0v) is 12.7. The van der Waals surface area contributed by atoms with Crippen molar-refractivity contribution in [3.8, 4) is 0 Å². The van der Waals surface area contributed by atoms with Gasteiger partial charge in [0.15, 0.2) is 5.82 Å². The van der Waals surface area contributed by atoms with Crippen molar-refractivity contribution in [1.29, 1.82) is 0 Å². The highest BCUT2D eigenvalue weighted by molar-refractivity contribution is 5.91. The second-order valence-corrected chi connectivity index (χ2v) is 5.29. The highest BCUT2D eigenvalue weighted by Crippen LogP contribution is 2.09. The van der Waals surface area contributed by atoms with Gasteiger partial charge in [-0.2, -0.15) is 0 Å². The predicted octanol–water partition coefficient (Wildman–Crippen LogP) is 1.23. The van der Waals surface area contributed by atoms with Crippen LogP contribution in [0, 0.1) is 6.92 Å². The summed E-state index contributed by atoms with van der Waals surface area (Å²) in [7, 11) is 1.85. The van der Waals surface area contributed by atoms with Gasteiger partial charge in [0.05, 0.1) is 13.1 Å². The maximum absolute atomic E-state index is 11.9. The van der Waals surface area contributed by atoms with E-state index in [-0.39, 0.29) is 18.5 Å². The normalized spacial score (nSPS) is 11.3. The molecule has 2 aromatic heterocycles. The minimum atomic E-state index is -0.151. The van der Waals surface area contributed by atoms with E-state index in [9.17, 15) is 4.79 Å². The van der Waals surface area contributed by atoms with E-state index in [0.717, 1.165) is 5.82 Å². The third-order valence-corrected chi connectivity index (χ3v) is 2.92. The van der Waals surface area contributed by atoms with Crippen molar-refractivity contribution in [2.75, 3.05) is 18.9 Å².